The first-order valence-electron chi connectivity index (χ1n) is 8.96. The zero-order valence-corrected chi connectivity index (χ0v) is 15.8. The summed E-state index contributed by atoms with van der Waals surface area (Å²) in [6.45, 7) is 3.66. The monoisotopic (exact) mass is 403 g/mol. The SMILES string of the molecule is CCOCc1c(C(=O)O[C@@H](C)C(=O)Nc2c(F)cccc2F)oc2ccccc12. The van der Waals surface area contributed by atoms with E-state index in [4.69, 9.17) is 13.9 Å². The van der Waals surface area contributed by atoms with E-state index in [1.807, 2.05) is 6.92 Å². The molecule has 0 saturated heterocycles. The van der Waals surface area contributed by atoms with Crippen molar-refractivity contribution < 1.29 is 32.3 Å². The van der Waals surface area contributed by atoms with Crippen molar-refractivity contribution in [1.82, 2.24) is 0 Å². The van der Waals surface area contributed by atoms with Crippen LogP contribution in [-0.2, 0) is 20.9 Å². The number of carbonyl (C=O) groups is 2. The van der Waals surface area contributed by atoms with Crippen LogP contribution in [0, 0.1) is 11.6 Å². The number of carbonyl (C=O) groups excluding carboxylic acids is 2. The molecule has 3 rings (SSSR count). The molecule has 0 spiro atoms. The van der Waals surface area contributed by atoms with Gasteiger partial charge in [0.1, 0.15) is 22.9 Å². The van der Waals surface area contributed by atoms with Crippen molar-refractivity contribution >= 4 is 28.5 Å². The number of nitrogens with one attached hydrogen (secondary N) is 1. The Labute approximate surface area is 165 Å². The molecule has 0 saturated carbocycles. The third-order valence-corrected chi connectivity index (χ3v) is 4.20. The van der Waals surface area contributed by atoms with Crippen LogP contribution in [0.1, 0.15) is 30.0 Å². The Kier molecular flexibility index (Phi) is 6.23. The number of esters is 1. The molecular formula is C21H19F2NO5. The Balaban J connectivity index is 1.78. The maximum atomic E-state index is 13.7. The zero-order valence-electron chi connectivity index (χ0n) is 15.8. The maximum Gasteiger partial charge on any atom is 0.375 e. The van der Waals surface area contributed by atoms with E-state index in [9.17, 15) is 18.4 Å². The van der Waals surface area contributed by atoms with Crippen molar-refractivity contribution in [1.29, 1.82) is 0 Å². The van der Waals surface area contributed by atoms with E-state index in [2.05, 4.69) is 5.32 Å². The van der Waals surface area contributed by atoms with Crippen molar-refractivity contribution in [3.8, 4) is 0 Å². The molecule has 0 aliphatic carbocycles. The Morgan fingerprint density at radius 2 is 1.79 bits per heavy atom. The van der Waals surface area contributed by atoms with E-state index in [1.165, 1.54) is 13.0 Å². The van der Waals surface area contributed by atoms with E-state index in [0.29, 0.717) is 23.1 Å². The summed E-state index contributed by atoms with van der Waals surface area (Å²) in [6.07, 6.45) is -1.32. The van der Waals surface area contributed by atoms with Gasteiger partial charge < -0.3 is 19.2 Å². The first-order valence-corrected chi connectivity index (χ1v) is 8.96. The standard InChI is InChI=1S/C21H19F2NO5/c1-3-27-11-14-13-7-4-5-10-17(13)29-19(14)21(26)28-12(2)20(25)24-18-15(22)8-6-9-16(18)23/h4-10,12H,3,11H2,1-2H3,(H,24,25)/t12-/m0/s1. The highest BCUT2D eigenvalue weighted by Gasteiger charge is 2.26. The second kappa shape index (κ2) is 8.83. The van der Waals surface area contributed by atoms with Crippen LogP contribution in [-0.4, -0.2) is 24.6 Å². The van der Waals surface area contributed by atoms with Crippen molar-refractivity contribution in [2.75, 3.05) is 11.9 Å². The number of halogens is 2. The minimum atomic E-state index is -1.32. The predicted octanol–water partition coefficient (Wildman–Crippen LogP) is 4.43. The summed E-state index contributed by atoms with van der Waals surface area (Å²) >= 11 is 0. The fraction of sp³-hybridized carbons (Fsp3) is 0.238. The van der Waals surface area contributed by atoms with Gasteiger partial charge in [-0.05, 0) is 32.0 Å². The third-order valence-electron chi connectivity index (χ3n) is 4.20. The normalized spacial score (nSPS) is 12.0. The Hall–Kier alpha value is -3.26. The van der Waals surface area contributed by atoms with Gasteiger partial charge in [0.2, 0.25) is 5.76 Å². The van der Waals surface area contributed by atoms with Crippen LogP contribution in [0.2, 0.25) is 0 Å². The summed E-state index contributed by atoms with van der Waals surface area (Å²) in [5.41, 5.74) is 0.362. The predicted molar refractivity (Wildman–Crippen MR) is 101 cm³/mol. The highest BCUT2D eigenvalue weighted by molar-refractivity contribution is 5.99. The lowest BCUT2D eigenvalue weighted by Gasteiger charge is -2.14. The number of furan rings is 1. The van der Waals surface area contributed by atoms with Crippen LogP contribution in [0.25, 0.3) is 11.0 Å². The van der Waals surface area contributed by atoms with E-state index in [1.54, 1.807) is 24.3 Å². The van der Waals surface area contributed by atoms with E-state index in [0.717, 1.165) is 12.1 Å². The molecule has 8 heteroatoms. The highest BCUT2D eigenvalue weighted by Crippen LogP contribution is 2.27. The Bertz CT molecular complexity index is 1030. The summed E-state index contributed by atoms with van der Waals surface area (Å²) in [5, 5.41) is 2.78. The fourth-order valence-electron chi connectivity index (χ4n) is 2.72. The minimum Gasteiger partial charge on any atom is -0.449 e. The number of ether oxygens (including phenoxy) is 2. The molecule has 152 valence electrons. The molecule has 0 aliphatic heterocycles. The molecule has 1 amide bonds. The first-order chi connectivity index (χ1) is 13.9. The van der Waals surface area contributed by atoms with Crippen LogP contribution in [0.3, 0.4) is 0 Å². The van der Waals surface area contributed by atoms with Gasteiger partial charge in [0.05, 0.1) is 6.61 Å². The highest BCUT2D eigenvalue weighted by atomic mass is 19.1. The number of anilines is 1. The average Bonchev–Trinajstić information content (AvgIpc) is 3.07. The molecule has 1 N–H and O–H groups in total. The van der Waals surface area contributed by atoms with E-state index < -0.39 is 35.3 Å². The number of hydrogen-bond acceptors (Lipinski definition) is 5. The van der Waals surface area contributed by atoms with Gasteiger partial charge in [0, 0.05) is 17.6 Å². The van der Waals surface area contributed by atoms with Gasteiger partial charge in [0.25, 0.3) is 5.91 Å². The first kappa shape index (κ1) is 20.5. The van der Waals surface area contributed by atoms with Crippen molar-refractivity contribution in [2.24, 2.45) is 0 Å². The lowest BCUT2D eigenvalue weighted by Crippen LogP contribution is -2.30. The molecular weight excluding hydrogens is 384 g/mol. The lowest BCUT2D eigenvalue weighted by atomic mass is 10.1. The molecule has 1 aromatic heterocycles. The minimum absolute atomic E-state index is 0.0867. The van der Waals surface area contributed by atoms with Crippen molar-refractivity contribution in [2.45, 2.75) is 26.6 Å². The number of hydrogen-bond donors (Lipinski definition) is 1. The molecule has 3 aromatic rings. The summed E-state index contributed by atoms with van der Waals surface area (Å²) < 4.78 is 43.5. The van der Waals surface area contributed by atoms with Crippen LogP contribution < -0.4 is 5.32 Å². The molecule has 0 aliphatic rings. The van der Waals surface area contributed by atoms with Gasteiger partial charge >= 0.3 is 5.97 Å². The second-order valence-corrected chi connectivity index (χ2v) is 6.18. The van der Waals surface area contributed by atoms with Crippen molar-refractivity contribution in [3.05, 3.63) is 65.4 Å². The Morgan fingerprint density at radius 1 is 1.10 bits per heavy atom. The molecule has 29 heavy (non-hydrogen) atoms. The molecule has 1 atom stereocenters. The molecule has 2 aromatic carbocycles. The number of benzene rings is 2. The van der Waals surface area contributed by atoms with E-state index in [-0.39, 0.29) is 12.4 Å². The number of fused-ring (bicyclic) bond motifs is 1. The van der Waals surface area contributed by atoms with Gasteiger partial charge in [-0.3, -0.25) is 4.79 Å². The topological polar surface area (TPSA) is 77.8 Å². The second-order valence-electron chi connectivity index (χ2n) is 6.18. The quantitative estimate of drug-likeness (QED) is 0.591. The van der Waals surface area contributed by atoms with Gasteiger partial charge in [-0.2, -0.15) is 0 Å². The smallest absolute Gasteiger partial charge is 0.375 e. The molecule has 0 radical (unpaired) electrons. The Morgan fingerprint density at radius 3 is 2.48 bits per heavy atom. The summed E-state index contributed by atoms with van der Waals surface area (Å²) in [6, 6.07) is 10.2. The molecule has 6 nitrogen and oxygen atoms in total. The van der Waals surface area contributed by atoms with Gasteiger partial charge in [0.15, 0.2) is 6.10 Å². The van der Waals surface area contributed by atoms with Crippen LogP contribution in [0.5, 0.6) is 0 Å². The summed E-state index contributed by atoms with van der Waals surface area (Å²) in [5.74, 6) is -3.73. The largest absolute Gasteiger partial charge is 0.449 e. The fourth-order valence-corrected chi connectivity index (χ4v) is 2.72. The van der Waals surface area contributed by atoms with Crippen molar-refractivity contribution in [3.63, 3.8) is 0 Å². The van der Waals surface area contributed by atoms with Crippen LogP contribution >= 0.6 is 0 Å². The molecule has 1 heterocycles. The third kappa shape index (κ3) is 4.43. The maximum absolute atomic E-state index is 13.7. The number of para-hydroxylation sites is 2. The van der Waals surface area contributed by atoms with Gasteiger partial charge in [-0.1, -0.05) is 24.3 Å². The average molecular weight is 403 g/mol. The lowest BCUT2D eigenvalue weighted by molar-refractivity contribution is -0.123. The summed E-state index contributed by atoms with van der Waals surface area (Å²) in [7, 11) is 0. The molecule has 0 fully saturated rings. The summed E-state index contributed by atoms with van der Waals surface area (Å²) in [4.78, 5) is 24.8. The van der Waals surface area contributed by atoms with E-state index >= 15 is 0 Å². The molecule has 0 unspecified atom stereocenters. The van der Waals surface area contributed by atoms with Gasteiger partial charge in [-0.25, -0.2) is 13.6 Å². The number of rotatable bonds is 7. The van der Waals surface area contributed by atoms with Crippen LogP contribution in [0.15, 0.2) is 46.9 Å². The van der Waals surface area contributed by atoms with Crippen LogP contribution in [0.4, 0.5) is 14.5 Å². The zero-order chi connectivity index (χ0) is 21.0. The molecule has 0 bridgehead atoms. The number of amides is 1. The van der Waals surface area contributed by atoms with Gasteiger partial charge in [-0.15, -0.1) is 0 Å².